The SMILES string of the molecule is CCOC(=O)c1c(C)sc(C(=O)c2ccccc2)c1-c1ccccc1. The second kappa shape index (κ2) is 7.45. The Morgan fingerprint density at radius 1 is 0.960 bits per heavy atom. The maximum atomic E-state index is 13.0. The lowest BCUT2D eigenvalue weighted by molar-refractivity contribution is 0.0527. The van der Waals surface area contributed by atoms with Crippen LogP contribution in [0.3, 0.4) is 0 Å². The summed E-state index contributed by atoms with van der Waals surface area (Å²) in [4.78, 5) is 26.9. The third-order valence-electron chi connectivity index (χ3n) is 3.87. The molecule has 0 saturated carbocycles. The van der Waals surface area contributed by atoms with Crippen molar-refractivity contribution in [1.29, 1.82) is 0 Å². The van der Waals surface area contributed by atoms with Crippen LogP contribution in [0.5, 0.6) is 0 Å². The zero-order chi connectivity index (χ0) is 17.8. The van der Waals surface area contributed by atoms with Crippen LogP contribution in [0.1, 0.15) is 37.4 Å². The van der Waals surface area contributed by atoms with Gasteiger partial charge in [-0.15, -0.1) is 11.3 Å². The summed E-state index contributed by atoms with van der Waals surface area (Å²) in [5, 5.41) is 0. The maximum absolute atomic E-state index is 13.0. The fraction of sp³-hybridized carbons (Fsp3) is 0.143. The first-order valence-electron chi connectivity index (χ1n) is 8.09. The highest BCUT2D eigenvalue weighted by Crippen LogP contribution is 2.38. The summed E-state index contributed by atoms with van der Waals surface area (Å²) in [6, 6.07) is 18.6. The number of hydrogen-bond donors (Lipinski definition) is 0. The Balaban J connectivity index is 2.21. The van der Waals surface area contributed by atoms with Crippen molar-refractivity contribution in [3.63, 3.8) is 0 Å². The summed E-state index contributed by atoms with van der Waals surface area (Å²) < 4.78 is 5.23. The summed E-state index contributed by atoms with van der Waals surface area (Å²) in [5.74, 6) is -0.467. The van der Waals surface area contributed by atoms with Crippen LogP contribution in [0.15, 0.2) is 60.7 Å². The Morgan fingerprint density at radius 2 is 1.56 bits per heavy atom. The zero-order valence-electron chi connectivity index (χ0n) is 14.1. The number of ether oxygens (including phenoxy) is 1. The van der Waals surface area contributed by atoms with Crippen LogP contribution in [0, 0.1) is 6.92 Å². The number of carbonyl (C=O) groups excluding carboxylic acids is 2. The van der Waals surface area contributed by atoms with Gasteiger partial charge >= 0.3 is 5.97 Å². The quantitative estimate of drug-likeness (QED) is 0.473. The molecule has 0 N–H and O–H groups in total. The fourth-order valence-corrected chi connectivity index (χ4v) is 3.88. The average molecular weight is 350 g/mol. The van der Waals surface area contributed by atoms with Crippen LogP contribution >= 0.6 is 11.3 Å². The van der Waals surface area contributed by atoms with Gasteiger partial charge in [0.25, 0.3) is 0 Å². The average Bonchev–Trinajstić information content (AvgIpc) is 3.00. The Kier molecular flexibility index (Phi) is 5.10. The molecule has 0 aliphatic rings. The van der Waals surface area contributed by atoms with Gasteiger partial charge in [-0.05, 0) is 19.4 Å². The largest absolute Gasteiger partial charge is 0.462 e. The Morgan fingerprint density at radius 3 is 2.16 bits per heavy atom. The van der Waals surface area contributed by atoms with E-state index in [1.54, 1.807) is 19.1 Å². The monoisotopic (exact) mass is 350 g/mol. The van der Waals surface area contributed by atoms with Crippen molar-refractivity contribution in [1.82, 2.24) is 0 Å². The molecule has 25 heavy (non-hydrogen) atoms. The van der Waals surface area contributed by atoms with Crippen molar-refractivity contribution in [3.8, 4) is 11.1 Å². The van der Waals surface area contributed by atoms with E-state index in [4.69, 9.17) is 4.74 Å². The van der Waals surface area contributed by atoms with Crippen LogP contribution < -0.4 is 0 Å². The number of rotatable bonds is 5. The van der Waals surface area contributed by atoms with Gasteiger partial charge in [0, 0.05) is 16.0 Å². The molecule has 3 nitrogen and oxygen atoms in total. The van der Waals surface area contributed by atoms with E-state index in [1.807, 2.05) is 55.5 Å². The van der Waals surface area contributed by atoms with E-state index in [1.165, 1.54) is 11.3 Å². The minimum atomic E-state index is -0.387. The lowest BCUT2D eigenvalue weighted by Gasteiger charge is -2.08. The van der Waals surface area contributed by atoms with Crippen molar-refractivity contribution >= 4 is 23.1 Å². The molecule has 0 bridgehead atoms. The van der Waals surface area contributed by atoms with E-state index in [-0.39, 0.29) is 11.8 Å². The predicted octanol–water partition coefficient (Wildman–Crippen LogP) is 5.13. The number of esters is 1. The second-order valence-corrected chi connectivity index (χ2v) is 6.74. The van der Waals surface area contributed by atoms with Gasteiger partial charge in [0.05, 0.1) is 17.0 Å². The van der Waals surface area contributed by atoms with E-state index in [0.717, 1.165) is 10.4 Å². The Bertz CT molecular complexity index is 896. The van der Waals surface area contributed by atoms with Gasteiger partial charge in [-0.25, -0.2) is 4.79 Å². The molecule has 0 radical (unpaired) electrons. The molecule has 4 heteroatoms. The highest BCUT2D eigenvalue weighted by molar-refractivity contribution is 7.15. The summed E-state index contributed by atoms with van der Waals surface area (Å²) in [7, 11) is 0. The number of carbonyl (C=O) groups is 2. The minimum absolute atomic E-state index is 0.0805. The Labute approximate surface area is 150 Å². The Hall–Kier alpha value is -2.72. The molecule has 0 unspecified atom stereocenters. The van der Waals surface area contributed by atoms with E-state index in [2.05, 4.69) is 0 Å². The van der Waals surface area contributed by atoms with Crippen LogP contribution in [0.25, 0.3) is 11.1 Å². The molecule has 0 spiro atoms. The normalized spacial score (nSPS) is 10.5. The molecule has 2 aromatic carbocycles. The van der Waals surface area contributed by atoms with Gasteiger partial charge < -0.3 is 4.74 Å². The van der Waals surface area contributed by atoms with Crippen molar-refractivity contribution in [2.45, 2.75) is 13.8 Å². The molecule has 0 fully saturated rings. The van der Waals surface area contributed by atoms with Gasteiger partial charge in [0.1, 0.15) is 0 Å². The summed E-state index contributed by atoms with van der Waals surface area (Å²) in [5.41, 5.74) is 2.60. The number of ketones is 1. The van der Waals surface area contributed by atoms with E-state index < -0.39 is 0 Å². The molecule has 3 rings (SSSR count). The third-order valence-corrected chi connectivity index (χ3v) is 4.97. The first-order valence-corrected chi connectivity index (χ1v) is 8.90. The van der Waals surface area contributed by atoms with E-state index in [0.29, 0.717) is 28.2 Å². The molecule has 0 aliphatic carbocycles. The van der Waals surface area contributed by atoms with Crippen LogP contribution in [0.4, 0.5) is 0 Å². The number of benzene rings is 2. The van der Waals surface area contributed by atoms with Crippen molar-refractivity contribution in [3.05, 3.63) is 81.5 Å². The lowest BCUT2D eigenvalue weighted by atomic mass is 9.97. The van der Waals surface area contributed by atoms with Crippen LogP contribution in [-0.4, -0.2) is 18.4 Å². The molecule has 126 valence electrons. The first kappa shape index (κ1) is 17.1. The molecule has 1 heterocycles. The smallest absolute Gasteiger partial charge is 0.339 e. The summed E-state index contributed by atoms with van der Waals surface area (Å²) in [6.45, 7) is 3.92. The van der Waals surface area contributed by atoms with E-state index in [9.17, 15) is 9.59 Å². The first-order chi connectivity index (χ1) is 12.1. The summed E-state index contributed by atoms with van der Waals surface area (Å²) >= 11 is 1.34. The molecular weight excluding hydrogens is 332 g/mol. The topological polar surface area (TPSA) is 43.4 Å². The minimum Gasteiger partial charge on any atom is -0.462 e. The van der Waals surface area contributed by atoms with Crippen LogP contribution in [-0.2, 0) is 4.74 Å². The number of aryl methyl sites for hydroxylation is 1. The van der Waals surface area contributed by atoms with Crippen LogP contribution in [0.2, 0.25) is 0 Å². The highest BCUT2D eigenvalue weighted by atomic mass is 32.1. The molecule has 3 aromatic rings. The standard InChI is InChI=1S/C21H18O3S/c1-3-24-21(23)17-14(2)25-20(18(17)15-10-6-4-7-11-15)19(22)16-12-8-5-9-13-16/h4-13H,3H2,1-2H3. The van der Waals surface area contributed by atoms with Gasteiger partial charge in [-0.1, -0.05) is 60.7 Å². The summed E-state index contributed by atoms with van der Waals surface area (Å²) in [6.07, 6.45) is 0. The molecule has 0 atom stereocenters. The molecule has 0 aliphatic heterocycles. The zero-order valence-corrected chi connectivity index (χ0v) is 14.9. The third kappa shape index (κ3) is 3.39. The van der Waals surface area contributed by atoms with Gasteiger partial charge in [-0.2, -0.15) is 0 Å². The van der Waals surface area contributed by atoms with Crippen molar-refractivity contribution in [2.75, 3.05) is 6.61 Å². The molecule has 0 saturated heterocycles. The van der Waals surface area contributed by atoms with Gasteiger partial charge in [0.15, 0.2) is 0 Å². The number of hydrogen-bond acceptors (Lipinski definition) is 4. The maximum Gasteiger partial charge on any atom is 0.339 e. The number of thiophene rings is 1. The predicted molar refractivity (Wildman–Crippen MR) is 100 cm³/mol. The van der Waals surface area contributed by atoms with Crippen molar-refractivity contribution in [2.24, 2.45) is 0 Å². The molecule has 0 amide bonds. The molecular formula is C21H18O3S. The van der Waals surface area contributed by atoms with Gasteiger partial charge in [0.2, 0.25) is 5.78 Å². The second-order valence-electron chi connectivity index (χ2n) is 5.52. The lowest BCUT2D eigenvalue weighted by Crippen LogP contribution is -2.08. The fourth-order valence-electron chi connectivity index (χ4n) is 2.75. The molecule has 1 aromatic heterocycles. The van der Waals surface area contributed by atoms with Crippen molar-refractivity contribution < 1.29 is 14.3 Å². The van der Waals surface area contributed by atoms with E-state index >= 15 is 0 Å². The van der Waals surface area contributed by atoms with Gasteiger partial charge in [-0.3, -0.25) is 4.79 Å². The highest BCUT2D eigenvalue weighted by Gasteiger charge is 2.27.